The van der Waals surface area contributed by atoms with Gasteiger partial charge in [-0.15, -0.1) is 0 Å². The van der Waals surface area contributed by atoms with Crippen molar-refractivity contribution in [3.63, 3.8) is 0 Å². The van der Waals surface area contributed by atoms with Crippen LogP contribution in [-0.4, -0.2) is 18.0 Å². The van der Waals surface area contributed by atoms with Gasteiger partial charge >= 0.3 is 0 Å². The van der Waals surface area contributed by atoms with Gasteiger partial charge in [0.05, 0.1) is 5.69 Å². The standard InChI is InChI=1S/C17H14BrN3O2/c1-10(22)20-13-5-3-12(4-6-13)19-9-15-14-7-2-11(18)8-16(14)21-17(15)23/h2-9,15H,1H3,(H,20,22)(H,21,23). The van der Waals surface area contributed by atoms with Crippen molar-refractivity contribution in [2.75, 3.05) is 10.6 Å². The quantitative estimate of drug-likeness (QED) is 0.804. The van der Waals surface area contributed by atoms with Crippen LogP contribution in [0.25, 0.3) is 0 Å². The molecule has 1 unspecified atom stereocenters. The number of aliphatic imine (C=N–C) groups is 1. The van der Waals surface area contributed by atoms with Gasteiger partial charge in [0, 0.05) is 29.0 Å². The first-order chi connectivity index (χ1) is 11.0. The van der Waals surface area contributed by atoms with E-state index in [0.717, 1.165) is 21.4 Å². The predicted molar refractivity (Wildman–Crippen MR) is 94.4 cm³/mol. The van der Waals surface area contributed by atoms with Crippen molar-refractivity contribution in [3.8, 4) is 0 Å². The van der Waals surface area contributed by atoms with Gasteiger partial charge in [0.15, 0.2) is 0 Å². The fourth-order valence-electron chi connectivity index (χ4n) is 2.40. The Morgan fingerprint density at radius 3 is 2.70 bits per heavy atom. The number of amides is 2. The molecule has 0 bridgehead atoms. The second kappa shape index (κ2) is 6.34. The van der Waals surface area contributed by atoms with Gasteiger partial charge in [-0.1, -0.05) is 22.0 Å². The molecule has 1 aliphatic rings. The van der Waals surface area contributed by atoms with Crippen LogP contribution in [0.1, 0.15) is 18.4 Å². The number of halogens is 1. The number of hydrogen-bond donors (Lipinski definition) is 2. The number of nitrogens with zero attached hydrogens (tertiary/aromatic N) is 1. The summed E-state index contributed by atoms with van der Waals surface area (Å²) in [5.74, 6) is -0.600. The Labute approximate surface area is 141 Å². The largest absolute Gasteiger partial charge is 0.326 e. The highest BCUT2D eigenvalue weighted by atomic mass is 79.9. The lowest BCUT2D eigenvalue weighted by molar-refractivity contribution is -0.116. The molecule has 0 aromatic heterocycles. The Morgan fingerprint density at radius 1 is 1.26 bits per heavy atom. The zero-order valence-electron chi connectivity index (χ0n) is 12.3. The zero-order chi connectivity index (χ0) is 16.4. The van der Waals surface area contributed by atoms with Crippen molar-refractivity contribution in [1.29, 1.82) is 0 Å². The van der Waals surface area contributed by atoms with Crippen LogP contribution in [0.5, 0.6) is 0 Å². The van der Waals surface area contributed by atoms with Gasteiger partial charge in [0.25, 0.3) is 0 Å². The minimum atomic E-state index is -0.395. The van der Waals surface area contributed by atoms with Crippen LogP contribution in [0.3, 0.4) is 0 Å². The summed E-state index contributed by atoms with van der Waals surface area (Å²) in [7, 11) is 0. The van der Waals surface area contributed by atoms with Gasteiger partial charge in [0.1, 0.15) is 5.92 Å². The molecule has 0 fully saturated rings. The van der Waals surface area contributed by atoms with E-state index in [1.807, 2.05) is 18.2 Å². The molecule has 1 aliphatic heterocycles. The first-order valence-corrected chi connectivity index (χ1v) is 7.84. The maximum Gasteiger partial charge on any atom is 0.237 e. The molecule has 2 aromatic rings. The van der Waals surface area contributed by atoms with Crippen molar-refractivity contribution < 1.29 is 9.59 Å². The predicted octanol–water partition coefficient (Wildman–Crippen LogP) is 3.85. The number of carbonyl (C=O) groups excluding carboxylic acids is 2. The summed E-state index contributed by atoms with van der Waals surface area (Å²) in [6.45, 7) is 1.46. The topological polar surface area (TPSA) is 70.6 Å². The maximum atomic E-state index is 12.1. The molecular formula is C17H14BrN3O2. The van der Waals surface area contributed by atoms with E-state index in [9.17, 15) is 9.59 Å². The van der Waals surface area contributed by atoms with Crippen molar-refractivity contribution in [3.05, 3.63) is 52.5 Å². The number of hydrogen-bond acceptors (Lipinski definition) is 3. The van der Waals surface area contributed by atoms with Gasteiger partial charge in [-0.3, -0.25) is 14.6 Å². The Balaban J connectivity index is 1.78. The molecule has 0 spiro atoms. The molecule has 0 radical (unpaired) electrons. The van der Waals surface area contributed by atoms with Crippen LogP contribution in [0, 0.1) is 0 Å². The summed E-state index contributed by atoms with van der Waals surface area (Å²) in [6, 6.07) is 12.8. The molecule has 5 nitrogen and oxygen atoms in total. The van der Waals surface area contributed by atoms with Crippen molar-refractivity contribution in [2.45, 2.75) is 12.8 Å². The van der Waals surface area contributed by atoms with E-state index in [1.54, 1.807) is 30.5 Å². The average Bonchev–Trinajstić information content (AvgIpc) is 2.80. The molecule has 1 heterocycles. The van der Waals surface area contributed by atoms with Gasteiger partial charge in [0.2, 0.25) is 11.8 Å². The summed E-state index contributed by atoms with van der Waals surface area (Å²) in [5, 5.41) is 5.54. The Bertz CT molecular complexity index is 800. The molecule has 2 aromatic carbocycles. The van der Waals surface area contributed by atoms with E-state index >= 15 is 0 Å². The minimum absolute atomic E-state index is 0.0864. The first kappa shape index (κ1) is 15.4. The third kappa shape index (κ3) is 3.48. The lowest BCUT2D eigenvalue weighted by Gasteiger charge is -2.03. The van der Waals surface area contributed by atoms with Crippen LogP contribution in [0.2, 0.25) is 0 Å². The molecule has 3 rings (SSSR count). The molecule has 2 amide bonds. The number of fused-ring (bicyclic) bond motifs is 1. The Hall–Kier alpha value is -2.47. The van der Waals surface area contributed by atoms with Gasteiger partial charge in [-0.2, -0.15) is 0 Å². The number of rotatable bonds is 3. The third-order valence-corrected chi connectivity index (χ3v) is 3.94. The van der Waals surface area contributed by atoms with E-state index < -0.39 is 5.92 Å². The van der Waals surface area contributed by atoms with E-state index in [2.05, 4.69) is 31.6 Å². The van der Waals surface area contributed by atoms with Crippen LogP contribution < -0.4 is 10.6 Å². The summed E-state index contributed by atoms with van der Waals surface area (Å²) >= 11 is 3.39. The van der Waals surface area contributed by atoms with Crippen molar-refractivity contribution in [2.24, 2.45) is 4.99 Å². The molecule has 0 saturated heterocycles. The monoisotopic (exact) mass is 371 g/mol. The maximum absolute atomic E-state index is 12.1. The molecule has 23 heavy (non-hydrogen) atoms. The van der Waals surface area contributed by atoms with Crippen LogP contribution >= 0.6 is 15.9 Å². The minimum Gasteiger partial charge on any atom is -0.326 e. The second-order valence-electron chi connectivity index (χ2n) is 5.20. The Morgan fingerprint density at radius 2 is 2.00 bits per heavy atom. The van der Waals surface area contributed by atoms with Crippen molar-refractivity contribution in [1.82, 2.24) is 0 Å². The number of anilines is 2. The molecule has 1 atom stereocenters. The second-order valence-corrected chi connectivity index (χ2v) is 6.12. The molecule has 116 valence electrons. The SMILES string of the molecule is CC(=O)Nc1ccc(N=CC2C(=O)Nc3cc(Br)ccc32)cc1. The highest BCUT2D eigenvalue weighted by Crippen LogP contribution is 2.33. The molecule has 0 aliphatic carbocycles. The normalized spacial score (nSPS) is 16.3. The zero-order valence-corrected chi connectivity index (χ0v) is 13.9. The summed E-state index contributed by atoms with van der Waals surface area (Å²) < 4.78 is 0.919. The van der Waals surface area contributed by atoms with E-state index in [0.29, 0.717) is 5.69 Å². The number of benzene rings is 2. The molecule has 6 heteroatoms. The van der Waals surface area contributed by atoms with Crippen LogP contribution in [0.4, 0.5) is 17.1 Å². The fraction of sp³-hybridized carbons (Fsp3) is 0.118. The Kier molecular flexibility index (Phi) is 4.25. The van der Waals surface area contributed by atoms with E-state index in [1.165, 1.54) is 6.92 Å². The van der Waals surface area contributed by atoms with Crippen LogP contribution in [0.15, 0.2) is 51.9 Å². The lowest BCUT2D eigenvalue weighted by Crippen LogP contribution is -2.12. The fourth-order valence-corrected chi connectivity index (χ4v) is 2.76. The highest BCUT2D eigenvalue weighted by Gasteiger charge is 2.28. The summed E-state index contributed by atoms with van der Waals surface area (Å²) in [6.07, 6.45) is 1.64. The average molecular weight is 372 g/mol. The number of nitrogens with one attached hydrogen (secondary N) is 2. The van der Waals surface area contributed by atoms with Gasteiger partial charge in [-0.25, -0.2) is 0 Å². The first-order valence-electron chi connectivity index (χ1n) is 7.05. The van der Waals surface area contributed by atoms with Gasteiger partial charge in [-0.05, 0) is 42.0 Å². The van der Waals surface area contributed by atoms with E-state index in [4.69, 9.17) is 0 Å². The van der Waals surface area contributed by atoms with Gasteiger partial charge < -0.3 is 10.6 Å². The molecule has 2 N–H and O–H groups in total. The third-order valence-electron chi connectivity index (χ3n) is 3.45. The number of carbonyl (C=O) groups is 2. The van der Waals surface area contributed by atoms with Crippen LogP contribution in [-0.2, 0) is 9.59 Å². The van der Waals surface area contributed by atoms with E-state index in [-0.39, 0.29) is 11.8 Å². The summed E-state index contributed by atoms with van der Waals surface area (Å²) in [5.41, 5.74) is 3.15. The molecule has 0 saturated carbocycles. The summed E-state index contributed by atoms with van der Waals surface area (Å²) in [4.78, 5) is 27.4. The smallest absolute Gasteiger partial charge is 0.237 e. The lowest BCUT2D eigenvalue weighted by atomic mass is 10.0. The molecular weight excluding hydrogens is 358 g/mol. The highest BCUT2D eigenvalue weighted by molar-refractivity contribution is 9.10. The van der Waals surface area contributed by atoms with Crippen molar-refractivity contribution >= 4 is 51.0 Å².